The van der Waals surface area contributed by atoms with Gasteiger partial charge in [0.05, 0.1) is 18.2 Å². The molecule has 3 N–H and O–H groups in total. The third-order valence-corrected chi connectivity index (χ3v) is 3.62. The summed E-state index contributed by atoms with van der Waals surface area (Å²) < 4.78 is 5.63. The van der Waals surface area contributed by atoms with Crippen molar-refractivity contribution in [1.82, 2.24) is 10.3 Å². The first kappa shape index (κ1) is 15.5. The van der Waals surface area contributed by atoms with Gasteiger partial charge in [-0.2, -0.15) is 0 Å². The summed E-state index contributed by atoms with van der Waals surface area (Å²) in [5.41, 5.74) is 6.32. The Morgan fingerprint density at radius 3 is 3.24 bits per heavy atom. The van der Waals surface area contributed by atoms with Gasteiger partial charge in [0.25, 0.3) is 5.91 Å². The minimum Gasteiger partial charge on any atom is -0.378 e. The van der Waals surface area contributed by atoms with Crippen LogP contribution in [0.2, 0.25) is 0 Å². The lowest BCUT2D eigenvalue weighted by Crippen LogP contribution is -2.33. The number of nitrogens with zero attached hydrogens (tertiary/aromatic N) is 1. The van der Waals surface area contributed by atoms with Gasteiger partial charge in [-0.05, 0) is 25.0 Å². The van der Waals surface area contributed by atoms with Gasteiger partial charge < -0.3 is 15.8 Å². The summed E-state index contributed by atoms with van der Waals surface area (Å²) in [6.07, 6.45) is 3.79. The van der Waals surface area contributed by atoms with Crippen molar-refractivity contribution in [2.45, 2.75) is 25.9 Å². The van der Waals surface area contributed by atoms with Crippen molar-refractivity contribution in [3.8, 4) is 11.8 Å². The topological polar surface area (TPSA) is 77.2 Å². The zero-order valence-electron chi connectivity index (χ0n) is 12.3. The standard InChI is InChI=1S/C16H21N3O2/c1-2-14-13(7-10-21-14)11-19-16(20)15-12(5-3-8-17)6-4-9-18-15/h4,6,9,13-14H,2,7-8,10-11,17H2,1H3,(H,19,20). The van der Waals surface area contributed by atoms with E-state index in [0.29, 0.717) is 23.7 Å². The number of amides is 1. The van der Waals surface area contributed by atoms with Crippen LogP contribution in [0.25, 0.3) is 0 Å². The molecule has 1 aliphatic rings. The highest BCUT2D eigenvalue weighted by Crippen LogP contribution is 2.22. The fraction of sp³-hybridized carbons (Fsp3) is 0.500. The predicted molar refractivity (Wildman–Crippen MR) is 80.6 cm³/mol. The molecule has 2 unspecified atom stereocenters. The van der Waals surface area contributed by atoms with E-state index in [2.05, 4.69) is 29.1 Å². The van der Waals surface area contributed by atoms with Gasteiger partial charge >= 0.3 is 0 Å². The molecule has 0 spiro atoms. The van der Waals surface area contributed by atoms with Crippen LogP contribution in [0.3, 0.4) is 0 Å². The van der Waals surface area contributed by atoms with Gasteiger partial charge in [-0.1, -0.05) is 18.8 Å². The first-order valence-corrected chi connectivity index (χ1v) is 7.30. The molecule has 2 atom stereocenters. The van der Waals surface area contributed by atoms with Crippen LogP contribution in [0.5, 0.6) is 0 Å². The van der Waals surface area contributed by atoms with Crippen molar-refractivity contribution in [3.05, 3.63) is 29.6 Å². The first-order valence-electron chi connectivity index (χ1n) is 7.30. The molecule has 1 fully saturated rings. The normalized spacial score (nSPS) is 20.7. The van der Waals surface area contributed by atoms with E-state index in [4.69, 9.17) is 10.5 Å². The van der Waals surface area contributed by atoms with Gasteiger partial charge in [0.15, 0.2) is 0 Å². The molecule has 0 saturated carbocycles. The van der Waals surface area contributed by atoms with E-state index >= 15 is 0 Å². The average Bonchev–Trinajstić information content (AvgIpc) is 2.98. The van der Waals surface area contributed by atoms with E-state index in [-0.39, 0.29) is 18.6 Å². The number of ether oxygens (including phenoxy) is 1. The summed E-state index contributed by atoms with van der Waals surface area (Å²) in [6, 6.07) is 3.54. The lowest BCUT2D eigenvalue weighted by Gasteiger charge is -2.17. The molecule has 5 heteroatoms. The molecule has 1 aliphatic heterocycles. The van der Waals surface area contributed by atoms with Crippen molar-refractivity contribution in [3.63, 3.8) is 0 Å². The van der Waals surface area contributed by atoms with Crippen molar-refractivity contribution < 1.29 is 9.53 Å². The second-order valence-corrected chi connectivity index (χ2v) is 4.98. The molecule has 1 amide bonds. The van der Waals surface area contributed by atoms with Crippen molar-refractivity contribution >= 4 is 5.91 Å². The van der Waals surface area contributed by atoms with Crippen molar-refractivity contribution in [2.24, 2.45) is 11.7 Å². The fourth-order valence-electron chi connectivity index (χ4n) is 2.52. The van der Waals surface area contributed by atoms with Crippen LogP contribution in [-0.2, 0) is 4.74 Å². The number of hydrogen-bond donors (Lipinski definition) is 2. The Morgan fingerprint density at radius 2 is 2.48 bits per heavy atom. The minimum absolute atomic E-state index is 0.196. The van der Waals surface area contributed by atoms with Crippen molar-refractivity contribution in [2.75, 3.05) is 19.7 Å². The second-order valence-electron chi connectivity index (χ2n) is 4.98. The molecule has 5 nitrogen and oxygen atoms in total. The number of carbonyl (C=O) groups is 1. The molecular weight excluding hydrogens is 266 g/mol. The van der Waals surface area contributed by atoms with E-state index in [1.807, 2.05) is 0 Å². The van der Waals surface area contributed by atoms with Crippen LogP contribution in [0, 0.1) is 17.8 Å². The van der Waals surface area contributed by atoms with E-state index < -0.39 is 0 Å². The highest BCUT2D eigenvalue weighted by Gasteiger charge is 2.27. The summed E-state index contributed by atoms with van der Waals surface area (Å²) >= 11 is 0. The number of hydrogen-bond acceptors (Lipinski definition) is 4. The Kier molecular flexibility index (Phi) is 5.73. The molecule has 1 aromatic rings. The van der Waals surface area contributed by atoms with Crippen LogP contribution >= 0.6 is 0 Å². The maximum Gasteiger partial charge on any atom is 0.271 e. The molecule has 0 aromatic carbocycles. The van der Waals surface area contributed by atoms with Gasteiger partial charge in [0.1, 0.15) is 5.69 Å². The molecule has 2 heterocycles. The summed E-state index contributed by atoms with van der Waals surface area (Å²) in [7, 11) is 0. The molecule has 112 valence electrons. The maximum atomic E-state index is 12.3. The lowest BCUT2D eigenvalue weighted by atomic mass is 9.99. The molecule has 0 radical (unpaired) electrons. The highest BCUT2D eigenvalue weighted by molar-refractivity contribution is 5.94. The summed E-state index contributed by atoms with van der Waals surface area (Å²) in [5.74, 6) is 5.81. The van der Waals surface area contributed by atoms with Crippen LogP contribution in [0.1, 0.15) is 35.8 Å². The molecule has 2 rings (SSSR count). The van der Waals surface area contributed by atoms with Crippen LogP contribution in [0.4, 0.5) is 0 Å². The van der Waals surface area contributed by atoms with Gasteiger partial charge in [-0.3, -0.25) is 4.79 Å². The van der Waals surface area contributed by atoms with Gasteiger partial charge in [-0.15, -0.1) is 0 Å². The Bertz CT molecular complexity index is 548. The number of aromatic nitrogens is 1. The van der Waals surface area contributed by atoms with Crippen LogP contribution in [0.15, 0.2) is 18.3 Å². The zero-order valence-corrected chi connectivity index (χ0v) is 12.3. The Morgan fingerprint density at radius 1 is 1.62 bits per heavy atom. The number of carbonyl (C=O) groups excluding carboxylic acids is 1. The number of pyridine rings is 1. The highest BCUT2D eigenvalue weighted by atomic mass is 16.5. The zero-order chi connectivity index (χ0) is 15.1. The third-order valence-electron chi connectivity index (χ3n) is 3.62. The number of rotatable bonds is 4. The average molecular weight is 287 g/mol. The third kappa shape index (κ3) is 4.03. The Labute approximate surface area is 125 Å². The molecule has 0 aliphatic carbocycles. The SMILES string of the molecule is CCC1OCCC1CNC(=O)c1ncccc1C#CCN. The first-order chi connectivity index (χ1) is 10.3. The Balaban J connectivity index is 2.00. The molecule has 21 heavy (non-hydrogen) atoms. The van der Waals surface area contributed by atoms with Crippen LogP contribution in [-0.4, -0.2) is 36.7 Å². The lowest BCUT2D eigenvalue weighted by molar-refractivity contribution is 0.0825. The molecular formula is C16H21N3O2. The van der Waals surface area contributed by atoms with Gasteiger partial charge in [0.2, 0.25) is 0 Å². The predicted octanol–water partition coefficient (Wildman–Crippen LogP) is 0.937. The second kappa shape index (κ2) is 7.77. The number of nitrogens with one attached hydrogen (secondary N) is 1. The number of nitrogens with two attached hydrogens (primary N) is 1. The molecule has 1 saturated heterocycles. The summed E-state index contributed by atoms with van der Waals surface area (Å²) in [5, 5.41) is 2.94. The summed E-state index contributed by atoms with van der Waals surface area (Å²) in [4.78, 5) is 16.4. The van der Waals surface area contributed by atoms with E-state index in [1.165, 1.54) is 0 Å². The van der Waals surface area contributed by atoms with E-state index in [9.17, 15) is 4.79 Å². The fourth-order valence-corrected chi connectivity index (χ4v) is 2.52. The van der Waals surface area contributed by atoms with Gasteiger partial charge in [0, 0.05) is 25.3 Å². The molecule has 1 aromatic heterocycles. The van der Waals surface area contributed by atoms with Gasteiger partial charge in [-0.25, -0.2) is 4.98 Å². The Hall–Kier alpha value is -1.90. The van der Waals surface area contributed by atoms with Crippen molar-refractivity contribution in [1.29, 1.82) is 0 Å². The minimum atomic E-state index is -0.196. The van der Waals surface area contributed by atoms with E-state index in [0.717, 1.165) is 19.4 Å². The van der Waals surface area contributed by atoms with Crippen LogP contribution < -0.4 is 11.1 Å². The smallest absolute Gasteiger partial charge is 0.271 e. The monoisotopic (exact) mass is 287 g/mol. The van der Waals surface area contributed by atoms with E-state index in [1.54, 1.807) is 18.3 Å². The maximum absolute atomic E-state index is 12.3. The molecule has 0 bridgehead atoms. The summed E-state index contributed by atoms with van der Waals surface area (Å²) in [6.45, 7) is 3.74. The largest absolute Gasteiger partial charge is 0.378 e. The quantitative estimate of drug-likeness (QED) is 0.808.